The first-order valence-electron chi connectivity index (χ1n) is 11.9. The van der Waals surface area contributed by atoms with E-state index in [-0.39, 0.29) is 29.1 Å². The van der Waals surface area contributed by atoms with E-state index in [2.05, 4.69) is 24.4 Å². The van der Waals surface area contributed by atoms with Crippen molar-refractivity contribution in [2.24, 2.45) is 0 Å². The van der Waals surface area contributed by atoms with E-state index < -0.39 is 11.3 Å². The summed E-state index contributed by atoms with van der Waals surface area (Å²) in [6.45, 7) is 5.41. The standard InChI is InChI=1S/C26H33N3O3/c1-3-18(2)29-16-22(25(31)27-21-14-19-10-6-7-11-20(19)15-21)24(30)23(17-29)26(32)28-12-8-4-5-9-13-28/h6-7,10-11,16-18,21H,3-5,8-9,12-15H2,1-2H3,(H,27,31)/t18-/m0/s1. The molecule has 2 heterocycles. The van der Waals surface area contributed by atoms with Gasteiger partial charge < -0.3 is 14.8 Å². The van der Waals surface area contributed by atoms with Crippen molar-refractivity contribution in [3.05, 3.63) is 69.1 Å². The number of nitrogens with one attached hydrogen (secondary N) is 1. The molecule has 2 aromatic rings. The molecule has 1 aromatic heterocycles. The number of hydrogen-bond acceptors (Lipinski definition) is 3. The second-order valence-corrected chi connectivity index (χ2v) is 9.17. The topological polar surface area (TPSA) is 71.4 Å². The average Bonchev–Trinajstić information content (AvgIpc) is 3.01. The van der Waals surface area contributed by atoms with Gasteiger partial charge in [0.25, 0.3) is 11.8 Å². The van der Waals surface area contributed by atoms with Gasteiger partial charge in [0.1, 0.15) is 11.1 Å². The van der Waals surface area contributed by atoms with Crippen LogP contribution in [0.25, 0.3) is 0 Å². The Bertz CT molecular complexity index is 1030. The van der Waals surface area contributed by atoms with E-state index in [0.29, 0.717) is 13.1 Å². The molecule has 0 radical (unpaired) electrons. The van der Waals surface area contributed by atoms with Crippen molar-refractivity contribution < 1.29 is 9.59 Å². The molecule has 2 amide bonds. The molecule has 1 aliphatic heterocycles. The van der Waals surface area contributed by atoms with Gasteiger partial charge in [0.05, 0.1) is 0 Å². The number of benzene rings is 1. The zero-order valence-corrected chi connectivity index (χ0v) is 19.1. The Kier molecular flexibility index (Phi) is 6.77. The lowest BCUT2D eigenvalue weighted by Crippen LogP contribution is -2.41. The number of amides is 2. The smallest absolute Gasteiger partial charge is 0.259 e. The molecule has 170 valence electrons. The Morgan fingerprint density at radius 1 is 1.00 bits per heavy atom. The fourth-order valence-electron chi connectivity index (χ4n) is 4.75. The molecule has 6 heteroatoms. The van der Waals surface area contributed by atoms with Gasteiger partial charge in [-0.3, -0.25) is 14.4 Å². The zero-order valence-electron chi connectivity index (χ0n) is 19.1. The van der Waals surface area contributed by atoms with Crippen molar-refractivity contribution >= 4 is 11.8 Å². The SMILES string of the molecule is CC[C@H](C)n1cc(C(=O)NC2Cc3ccccc3C2)c(=O)c(C(=O)N2CCCCCC2)c1. The monoisotopic (exact) mass is 435 g/mol. The highest BCUT2D eigenvalue weighted by Crippen LogP contribution is 2.22. The van der Waals surface area contributed by atoms with Crippen LogP contribution in [-0.2, 0) is 12.8 Å². The molecule has 1 aromatic carbocycles. The van der Waals surface area contributed by atoms with E-state index >= 15 is 0 Å². The van der Waals surface area contributed by atoms with Gasteiger partial charge in [-0.25, -0.2) is 0 Å². The molecule has 1 fully saturated rings. The van der Waals surface area contributed by atoms with Crippen LogP contribution in [0.2, 0.25) is 0 Å². The fourth-order valence-corrected chi connectivity index (χ4v) is 4.75. The summed E-state index contributed by atoms with van der Waals surface area (Å²) >= 11 is 0. The predicted molar refractivity (Wildman–Crippen MR) is 125 cm³/mol. The van der Waals surface area contributed by atoms with Crippen molar-refractivity contribution in [3.8, 4) is 0 Å². The molecule has 32 heavy (non-hydrogen) atoms. The van der Waals surface area contributed by atoms with Gasteiger partial charge in [-0.05, 0) is 50.2 Å². The summed E-state index contributed by atoms with van der Waals surface area (Å²) in [4.78, 5) is 41.6. The second kappa shape index (κ2) is 9.72. The lowest BCUT2D eigenvalue weighted by Gasteiger charge is -2.22. The summed E-state index contributed by atoms with van der Waals surface area (Å²) in [6.07, 6.45) is 9.72. The second-order valence-electron chi connectivity index (χ2n) is 9.17. The first-order chi connectivity index (χ1) is 15.5. The van der Waals surface area contributed by atoms with E-state index in [1.54, 1.807) is 17.3 Å². The highest BCUT2D eigenvalue weighted by molar-refractivity contribution is 5.99. The van der Waals surface area contributed by atoms with Gasteiger partial charge in [-0.15, -0.1) is 0 Å². The predicted octanol–water partition coefficient (Wildman–Crippen LogP) is 3.73. The van der Waals surface area contributed by atoms with E-state index in [0.717, 1.165) is 44.9 Å². The summed E-state index contributed by atoms with van der Waals surface area (Å²) in [5.41, 5.74) is 2.17. The summed E-state index contributed by atoms with van der Waals surface area (Å²) in [5.74, 6) is -0.646. The summed E-state index contributed by atoms with van der Waals surface area (Å²) in [5, 5.41) is 3.05. The van der Waals surface area contributed by atoms with Crippen LogP contribution in [0.3, 0.4) is 0 Å². The number of rotatable bonds is 5. The number of hydrogen-bond donors (Lipinski definition) is 1. The van der Waals surface area contributed by atoms with E-state index in [1.165, 1.54) is 11.1 Å². The zero-order chi connectivity index (χ0) is 22.7. The molecule has 0 bridgehead atoms. The van der Waals surface area contributed by atoms with Crippen molar-refractivity contribution in [1.29, 1.82) is 0 Å². The normalized spacial score (nSPS) is 17.5. The Labute approximate surface area is 189 Å². The van der Waals surface area contributed by atoms with Gasteiger partial charge in [0.2, 0.25) is 5.43 Å². The van der Waals surface area contributed by atoms with Crippen LogP contribution in [0.5, 0.6) is 0 Å². The lowest BCUT2D eigenvalue weighted by molar-refractivity contribution is 0.0759. The molecule has 1 aliphatic carbocycles. The molecular formula is C26H33N3O3. The summed E-state index contributed by atoms with van der Waals surface area (Å²) in [6, 6.07) is 8.21. The van der Waals surface area contributed by atoms with Gasteiger partial charge in [-0.1, -0.05) is 44.0 Å². The number of aromatic nitrogens is 1. The minimum Gasteiger partial charge on any atom is -0.350 e. The molecule has 2 aliphatic rings. The number of carbonyl (C=O) groups is 2. The number of carbonyl (C=O) groups excluding carboxylic acids is 2. The van der Waals surface area contributed by atoms with Crippen LogP contribution < -0.4 is 10.7 Å². The molecular weight excluding hydrogens is 402 g/mol. The highest BCUT2D eigenvalue weighted by atomic mass is 16.2. The molecule has 6 nitrogen and oxygen atoms in total. The molecule has 0 saturated carbocycles. The average molecular weight is 436 g/mol. The maximum atomic E-state index is 13.3. The minimum atomic E-state index is -0.466. The van der Waals surface area contributed by atoms with Crippen molar-refractivity contribution in [2.45, 2.75) is 70.9 Å². The first kappa shape index (κ1) is 22.3. The largest absolute Gasteiger partial charge is 0.350 e. The Hall–Kier alpha value is -2.89. The minimum absolute atomic E-state index is 0.0405. The highest BCUT2D eigenvalue weighted by Gasteiger charge is 2.27. The van der Waals surface area contributed by atoms with E-state index in [1.807, 2.05) is 23.6 Å². The maximum absolute atomic E-state index is 13.3. The number of nitrogens with zero attached hydrogens (tertiary/aromatic N) is 2. The number of likely N-dealkylation sites (tertiary alicyclic amines) is 1. The third-order valence-corrected chi connectivity index (χ3v) is 6.90. The van der Waals surface area contributed by atoms with E-state index in [4.69, 9.17) is 0 Å². The maximum Gasteiger partial charge on any atom is 0.259 e. The van der Waals surface area contributed by atoms with Crippen LogP contribution in [0.15, 0.2) is 41.5 Å². The fraction of sp³-hybridized carbons (Fsp3) is 0.500. The van der Waals surface area contributed by atoms with Crippen molar-refractivity contribution in [1.82, 2.24) is 14.8 Å². The molecule has 1 saturated heterocycles. The Morgan fingerprint density at radius 2 is 1.59 bits per heavy atom. The molecule has 4 rings (SSSR count). The number of pyridine rings is 1. The van der Waals surface area contributed by atoms with Crippen LogP contribution in [0.1, 0.15) is 83.8 Å². The van der Waals surface area contributed by atoms with Gasteiger partial charge in [0.15, 0.2) is 0 Å². The van der Waals surface area contributed by atoms with Crippen molar-refractivity contribution in [2.75, 3.05) is 13.1 Å². The first-order valence-corrected chi connectivity index (χ1v) is 11.9. The van der Waals surface area contributed by atoms with Gasteiger partial charge in [0, 0.05) is 37.6 Å². The van der Waals surface area contributed by atoms with Crippen LogP contribution in [0, 0.1) is 0 Å². The molecule has 0 spiro atoms. The summed E-state index contributed by atoms with van der Waals surface area (Å²) < 4.78 is 1.85. The van der Waals surface area contributed by atoms with Crippen LogP contribution in [-0.4, -0.2) is 40.4 Å². The Morgan fingerprint density at radius 3 is 2.19 bits per heavy atom. The Balaban J connectivity index is 1.62. The molecule has 1 N–H and O–H groups in total. The third-order valence-electron chi connectivity index (χ3n) is 6.90. The third kappa shape index (κ3) is 4.64. The molecule has 1 atom stereocenters. The molecule has 0 unspecified atom stereocenters. The van der Waals surface area contributed by atoms with Gasteiger partial charge >= 0.3 is 0 Å². The quantitative estimate of drug-likeness (QED) is 0.778. The van der Waals surface area contributed by atoms with Crippen molar-refractivity contribution in [3.63, 3.8) is 0 Å². The lowest BCUT2D eigenvalue weighted by atomic mass is 10.1. The summed E-state index contributed by atoms with van der Waals surface area (Å²) in [7, 11) is 0. The van der Waals surface area contributed by atoms with Gasteiger partial charge in [-0.2, -0.15) is 0 Å². The van der Waals surface area contributed by atoms with Crippen LogP contribution >= 0.6 is 0 Å². The van der Waals surface area contributed by atoms with E-state index in [9.17, 15) is 14.4 Å². The van der Waals surface area contributed by atoms with Crippen LogP contribution in [0.4, 0.5) is 0 Å². The number of fused-ring (bicyclic) bond motifs is 1.